The van der Waals surface area contributed by atoms with Gasteiger partial charge in [0.2, 0.25) is 10.0 Å². The number of nitro benzene ring substituents is 1. The van der Waals surface area contributed by atoms with Crippen LogP contribution in [0.25, 0.3) is 0 Å². The normalized spacial score (nSPS) is 12.8. The number of benzene rings is 1. The molecule has 11 heteroatoms. The number of hydrogen-bond donors (Lipinski definition) is 0. The van der Waals surface area contributed by atoms with Crippen LogP contribution in [0.1, 0.15) is 33.6 Å². The van der Waals surface area contributed by atoms with Gasteiger partial charge in [-0.2, -0.15) is 4.31 Å². The molecule has 0 aliphatic heterocycles. The SMILES string of the molecule is C=CCCN(CCC(C(=O)OC)C(=O)OC(C)(C)C)S(=O)(=O)c1ccccc1[N+](=O)[O-]. The summed E-state index contributed by atoms with van der Waals surface area (Å²) in [5, 5.41) is 11.3. The zero-order valence-electron chi connectivity index (χ0n) is 18.1. The zero-order valence-corrected chi connectivity index (χ0v) is 18.9. The molecule has 0 aromatic heterocycles. The Morgan fingerprint density at radius 1 is 1.23 bits per heavy atom. The molecule has 0 spiro atoms. The Morgan fingerprint density at radius 3 is 2.35 bits per heavy atom. The number of nitro groups is 1. The smallest absolute Gasteiger partial charge is 0.320 e. The molecule has 0 aliphatic carbocycles. The van der Waals surface area contributed by atoms with E-state index in [1.54, 1.807) is 20.8 Å². The molecular weight excluding hydrogens is 428 g/mol. The number of esters is 2. The Morgan fingerprint density at radius 2 is 1.84 bits per heavy atom. The molecule has 0 saturated carbocycles. The lowest BCUT2D eigenvalue weighted by Crippen LogP contribution is -2.38. The van der Waals surface area contributed by atoms with Crippen molar-refractivity contribution in [3.8, 4) is 0 Å². The monoisotopic (exact) mass is 456 g/mol. The second-order valence-electron chi connectivity index (χ2n) is 7.60. The molecule has 0 heterocycles. The van der Waals surface area contributed by atoms with Gasteiger partial charge in [-0.3, -0.25) is 19.7 Å². The summed E-state index contributed by atoms with van der Waals surface area (Å²) in [6.07, 6.45) is 1.53. The molecule has 0 saturated heterocycles. The number of rotatable bonds is 11. The Hall–Kier alpha value is -2.79. The third kappa shape index (κ3) is 7.44. The van der Waals surface area contributed by atoms with Gasteiger partial charge in [-0.05, 0) is 39.7 Å². The van der Waals surface area contributed by atoms with Gasteiger partial charge in [0.1, 0.15) is 5.60 Å². The highest BCUT2D eigenvalue weighted by molar-refractivity contribution is 7.89. The van der Waals surface area contributed by atoms with Gasteiger partial charge in [0.05, 0.1) is 12.0 Å². The average molecular weight is 457 g/mol. The molecule has 172 valence electrons. The molecule has 0 N–H and O–H groups in total. The molecule has 0 amide bonds. The molecule has 0 fully saturated rings. The van der Waals surface area contributed by atoms with Crippen molar-refractivity contribution >= 4 is 27.6 Å². The van der Waals surface area contributed by atoms with Crippen molar-refractivity contribution in [2.45, 2.75) is 44.1 Å². The largest absolute Gasteiger partial charge is 0.468 e. The standard InChI is InChI=1S/C20H28N2O8S/c1-6-7-13-21(31(27,28)17-11-9-8-10-16(17)22(25)26)14-12-15(18(23)29-5)19(24)30-20(2,3)4/h6,8-11,15H,1,7,12-14H2,2-5H3. The average Bonchev–Trinajstić information content (AvgIpc) is 2.68. The summed E-state index contributed by atoms with van der Waals surface area (Å²) in [5.74, 6) is -3.05. The van der Waals surface area contributed by atoms with Crippen molar-refractivity contribution in [2.24, 2.45) is 5.92 Å². The lowest BCUT2D eigenvalue weighted by Gasteiger charge is -2.25. The highest BCUT2D eigenvalue weighted by Crippen LogP contribution is 2.27. The van der Waals surface area contributed by atoms with Crippen molar-refractivity contribution in [2.75, 3.05) is 20.2 Å². The Labute approximate surface area is 182 Å². The van der Waals surface area contributed by atoms with E-state index in [1.165, 1.54) is 18.2 Å². The molecule has 10 nitrogen and oxygen atoms in total. The van der Waals surface area contributed by atoms with Gasteiger partial charge in [0.25, 0.3) is 5.69 Å². The minimum Gasteiger partial charge on any atom is -0.468 e. The van der Waals surface area contributed by atoms with Gasteiger partial charge in [-0.25, -0.2) is 8.42 Å². The summed E-state index contributed by atoms with van der Waals surface area (Å²) >= 11 is 0. The summed E-state index contributed by atoms with van der Waals surface area (Å²) in [5.41, 5.74) is -1.43. The lowest BCUT2D eigenvalue weighted by atomic mass is 10.1. The van der Waals surface area contributed by atoms with Crippen LogP contribution in [0.5, 0.6) is 0 Å². The number of ether oxygens (including phenoxy) is 2. The predicted octanol–water partition coefficient (Wildman–Crippen LogP) is 2.68. The second kappa shape index (κ2) is 11.0. The van der Waals surface area contributed by atoms with Crippen molar-refractivity contribution in [3.05, 3.63) is 47.0 Å². The zero-order chi connectivity index (χ0) is 23.8. The third-order valence-electron chi connectivity index (χ3n) is 4.11. The molecule has 1 rings (SSSR count). The number of para-hydroxylation sites is 1. The van der Waals surface area contributed by atoms with Gasteiger partial charge in [-0.1, -0.05) is 18.2 Å². The fourth-order valence-corrected chi connectivity index (χ4v) is 4.30. The van der Waals surface area contributed by atoms with Crippen molar-refractivity contribution < 1.29 is 32.4 Å². The maximum absolute atomic E-state index is 13.2. The summed E-state index contributed by atoms with van der Waals surface area (Å²) in [7, 11) is -3.19. The molecule has 1 aromatic rings. The fourth-order valence-electron chi connectivity index (χ4n) is 2.67. The number of methoxy groups -OCH3 is 1. The van der Waals surface area contributed by atoms with Crippen LogP contribution in [0.4, 0.5) is 5.69 Å². The summed E-state index contributed by atoms with van der Waals surface area (Å²) in [6, 6.07) is 4.97. The molecule has 0 bridgehead atoms. The topological polar surface area (TPSA) is 133 Å². The van der Waals surface area contributed by atoms with Crippen LogP contribution in [0.3, 0.4) is 0 Å². The van der Waals surface area contributed by atoms with Crippen LogP contribution >= 0.6 is 0 Å². The highest BCUT2D eigenvalue weighted by Gasteiger charge is 2.36. The highest BCUT2D eigenvalue weighted by atomic mass is 32.2. The molecule has 31 heavy (non-hydrogen) atoms. The summed E-state index contributed by atoms with van der Waals surface area (Å²) in [4.78, 5) is 34.6. The minimum absolute atomic E-state index is 0.0416. The van der Waals surface area contributed by atoms with Crippen molar-refractivity contribution in [1.29, 1.82) is 0 Å². The van der Waals surface area contributed by atoms with Gasteiger partial charge < -0.3 is 9.47 Å². The second-order valence-corrected chi connectivity index (χ2v) is 9.51. The van der Waals surface area contributed by atoms with Crippen LogP contribution in [0.2, 0.25) is 0 Å². The van der Waals surface area contributed by atoms with Crippen LogP contribution in [-0.2, 0) is 29.1 Å². The van der Waals surface area contributed by atoms with E-state index in [4.69, 9.17) is 4.74 Å². The molecule has 1 aromatic carbocycles. The van der Waals surface area contributed by atoms with E-state index in [2.05, 4.69) is 11.3 Å². The summed E-state index contributed by atoms with van der Waals surface area (Å²) in [6.45, 7) is 8.16. The van der Waals surface area contributed by atoms with E-state index < -0.39 is 49.0 Å². The maximum Gasteiger partial charge on any atom is 0.320 e. The minimum atomic E-state index is -4.30. The van der Waals surface area contributed by atoms with E-state index in [-0.39, 0.29) is 25.9 Å². The van der Waals surface area contributed by atoms with Crippen LogP contribution in [0.15, 0.2) is 41.8 Å². The third-order valence-corrected chi connectivity index (χ3v) is 6.05. The number of carbonyl (C=O) groups excluding carboxylic acids is 2. The van der Waals surface area contributed by atoms with Gasteiger partial charge in [0.15, 0.2) is 10.8 Å². The predicted molar refractivity (Wildman–Crippen MR) is 113 cm³/mol. The van der Waals surface area contributed by atoms with E-state index >= 15 is 0 Å². The van der Waals surface area contributed by atoms with Crippen LogP contribution in [-0.4, -0.2) is 55.4 Å². The van der Waals surface area contributed by atoms with Crippen LogP contribution in [0, 0.1) is 16.0 Å². The van der Waals surface area contributed by atoms with E-state index in [0.717, 1.165) is 23.5 Å². The Balaban J connectivity index is 3.24. The van der Waals surface area contributed by atoms with Crippen LogP contribution < -0.4 is 0 Å². The van der Waals surface area contributed by atoms with Gasteiger partial charge in [-0.15, -0.1) is 6.58 Å². The van der Waals surface area contributed by atoms with E-state index in [9.17, 15) is 28.1 Å². The number of hydrogen-bond acceptors (Lipinski definition) is 8. The molecular formula is C20H28N2O8S. The Kier molecular flexibility index (Phi) is 9.32. The first-order valence-electron chi connectivity index (χ1n) is 9.50. The summed E-state index contributed by atoms with van der Waals surface area (Å²) < 4.78 is 37.2. The first-order chi connectivity index (χ1) is 14.3. The Bertz CT molecular complexity index is 921. The number of nitrogens with zero attached hydrogens (tertiary/aromatic N) is 2. The van der Waals surface area contributed by atoms with E-state index in [0.29, 0.717) is 0 Å². The first-order valence-corrected chi connectivity index (χ1v) is 10.9. The lowest BCUT2D eigenvalue weighted by molar-refractivity contribution is -0.387. The maximum atomic E-state index is 13.2. The number of carbonyl (C=O) groups is 2. The van der Waals surface area contributed by atoms with E-state index in [1.807, 2.05) is 0 Å². The van der Waals surface area contributed by atoms with Crippen molar-refractivity contribution in [1.82, 2.24) is 4.31 Å². The fraction of sp³-hybridized carbons (Fsp3) is 0.500. The first kappa shape index (κ1) is 26.2. The quantitative estimate of drug-likeness (QED) is 0.163. The van der Waals surface area contributed by atoms with Gasteiger partial charge >= 0.3 is 11.9 Å². The van der Waals surface area contributed by atoms with Crippen molar-refractivity contribution in [3.63, 3.8) is 0 Å². The molecule has 1 unspecified atom stereocenters. The molecule has 0 aliphatic rings. The number of sulfonamides is 1. The molecule has 1 atom stereocenters. The molecule has 0 radical (unpaired) electrons. The van der Waals surface area contributed by atoms with Gasteiger partial charge in [0, 0.05) is 19.2 Å².